The van der Waals surface area contributed by atoms with Crippen LogP contribution in [0.5, 0.6) is 5.75 Å². The maximum atomic E-state index is 10.1. The van der Waals surface area contributed by atoms with Crippen molar-refractivity contribution in [3.63, 3.8) is 0 Å². The van der Waals surface area contributed by atoms with Crippen LogP contribution in [-0.4, -0.2) is 16.8 Å². The third-order valence-corrected chi connectivity index (χ3v) is 3.50. The molecule has 0 saturated carbocycles. The lowest BCUT2D eigenvalue weighted by molar-refractivity contribution is 0.104. The van der Waals surface area contributed by atoms with Crippen molar-refractivity contribution < 1.29 is 14.9 Å². The van der Waals surface area contributed by atoms with Gasteiger partial charge in [-0.25, -0.2) is 0 Å². The topological polar surface area (TPSA) is 49.7 Å². The summed E-state index contributed by atoms with van der Waals surface area (Å²) in [7, 11) is 0. The molecule has 0 amide bonds. The first-order valence-electron chi connectivity index (χ1n) is 6.41. The lowest BCUT2D eigenvalue weighted by Crippen LogP contribution is -2.11. The van der Waals surface area contributed by atoms with Gasteiger partial charge in [0.25, 0.3) is 0 Å². The molecule has 20 heavy (non-hydrogen) atoms. The van der Waals surface area contributed by atoms with Crippen molar-refractivity contribution in [3.8, 4) is 5.75 Å². The van der Waals surface area contributed by atoms with Crippen molar-refractivity contribution in [2.45, 2.75) is 19.1 Å². The van der Waals surface area contributed by atoms with Crippen molar-refractivity contribution >= 4 is 15.9 Å². The number of hydrogen-bond donors (Lipinski definition) is 2. The van der Waals surface area contributed by atoms with Gasteiger partial charge in [-0.1, -0.05) is 52.3 Å². The average Bonchev–Trinajstić information content (AvgIpc) is 2.45. The van der Waals surface area contributed by atoms with Crippen LogP contribution in [0.3, 0.4) is 0 Å². The minimum absolute atomic E-state index is 0.139. The number of benzene rings is 2. The van der Waals surface area contributed by atoms with Gasteiger partial charge in [-0.05, 0) is 24.6 Å². The Balaban J connectivity index is 2.09. The van der Waals surface area contributed by atoms with E-state index in [1.807, 2.05) is 36.4 Å². The van der Waals surface area contributed by atoms with Crippen LogP contribution in [0.1, 0.15) is 30.3 Å². The Bertz CT molecular complexity index is 555. The van der Waals surface area contributed by atoms with E-state index < -0.39 is 12.2 Å². The highest BCUT2D eigenvalue weighted by molar-refractivity contribution is 9.10. The van der Waals surface area contributed by atoms with Gasteiger partial charge in [-0.15, -0.1) is 0 Å². The van der Waals surface area contributed by atoms with Gasteiger partial charge in [-0.3, -0.25) is 0 Å². The fraction of sp³-hybridized carbons (Fsp3) is 0.250. The Hall–Kier alpha value is -1.36. The zero-order valence-electron chi connectivity index (χ0n) is 11.2. The van der Waals surface area contributed by atoms with E-state index in [9.17, 15) is 10.2 Å². The Morgan fingerprint density at radius 3 is 2.45 bits per heavy atom. The van der Waals surface area contributed by atoms with Gasteiger partial charge < -0.3 is 14.9 Å². The number of rotatable bonds is 5. The fourth-order valence-corrected chi connectivity index (χ4v) is 2.26. The molecule has 1 unspecified atom stereocenters. The van der Waals surface area contributed by atoms with E-state index >= 15 is 0 Å². The van der Waals surface area contributed by atoms with Gasteiger partial charge in [0.2, 0.25) is 0 Å². The predicted octanol–water partition coefficient (Wildman–Crippen LogP) is 3.61. The van der Waals surface area contributed by atoms with Gasteiger partial charge >= 0.3 is 0 Å². The summed E-state index contributed by atoms with van der Waals surface area (Å²) in [4.78, 5) is 0. The molecule has 0 saturated heterocycles. The quantitative estimate of drug-likeness (QED) is 0.876. The molecule has 0 aliphatic carbocycles. The summed E-state index contributed by atoms with van der Waals surface area (Å²) >= 11 is 3.37. The highest BCUT2D eigenvalue weighted by atomic mass is 79.9. The molecule has 0 bridgehead atoms. The molecule has 0 aromatic heterocycles. The van der Waals surface area contributed by atoms with E-state index in [4.69, 9.17) is 4.74 Å². The highest BCUT2D eigenvalue weighted by Crippen LogP contribution is 2.29. The lowest BCUT2D eigenvalue weighted by atomic mass is 10.1. The first kappa shape index (κ1) is 15.0. The number of halogens is 1. The Labute approximate surface area is 127 Å². The Morgan fingerprint density at radius 2 is 1.80 bits per heavy atom. The summed E-state index contributed by atoms with van der Waals surface area (Å²) in [6.07, 6.45) is -1.32. The average molecular weight is 337 g/mol. The Morgan fingerprint density at radius 1 is 1.10 bits per heavy atom. The second kappa shape index (κ2) is 6.88. The predicted molar refractivity (Wildman–Crippen MR) is 81.7 cm³/mol. The van der Waals surface area contributed by atoms with Crippen LogP contribution in [0.2, 0.25) is 0 Å². The van der Waals surface area contributed by atoms with Gasteiger partial charge in [0.05, 0.1) is 6.10 Å². The maximum absolute atomic E-state index is 10.1. The second-order valence-corrected chi connectivity index (χ2v) is 5.51. The monoisotopic (exact) mass is 336 g/mol. The van der Waals surface area contributed by atoms with Crippen molar-refractivity contribution in [2.24, 2.45) is 0 Å². The van der Waals surface area contributed by atoms with Crippen molar-refractivity contribution in [1.29, 1.82) is 0 Å². The number of aliphatic hydroxyl groups excluding tert-OH is 2. The molecule has 0 aliphatic heterocycles. The first-order valence-corrected chi connectivity index (χ1v) is 7.20. The van der Waals surface area contributed by atoms with Gasteiger partial charge in [0.15, 0.2) is 0 Å². The van der Waals surface area contributed by atoms with Crippen LogP contribution in [0.15, 0.2) is 53.0 Å². The van der Waals surface area contributed by atoms with Crippen LogP contribution in [0.25, 0.3) is 0 Å². The standard InChI is InChI=1S/C16H17BrO3/c1-11(18)14-8-7-13(17)9-16(14)20-10-15(19)12-5-3-2-4-6-12/h2-9,11,15,18-19H,10H2,1H3/t11-,15?/m0/s1. The summed E-state index contributed by atoms with van der Waals surface area (Å²) < 4.78 is 6.52. The molecular formula is C16H17BrO3. The number of ether oxygens (including phenoxy) is 1. The molecule has 106 valence electrons. The van der Waals surface area contributed by atoms with Gasteiger partial charge in [-0.2, -0.15) is 0 Å². The number of hydrogen-bond acceptors (Lipinski definition) is 3. The molecule has 0 aliphatic rings. The van der Waals surface area contributed by atoms with Crippen LogP contribution >= 0.6 is 15.9 Å². The van der Waals surface area contributed by atoms with E-state index in [0.717, 1.165) is 10.0 Å². The molecule has 2 N–H and O–H groups in total. The maximum Gasteiger partial charge on any atom is 0.126 e. The summed E-state index contributed by atoms with van der Waals surface area (Å²) in [5, 5.41) is 19.8. The van der Waals surface area contributed by atoms with E-state index in [0.29, 0.717) is 11.3 Å². The molecule has 4 heteroatoms. The molecule has 2 atom stereocenters. The normalized spacial score (nSPS) is 13.8. The van der Waals surface area contributed by atoms with E-state index in [1.165, 1.54) is 0 Å². The molecule has 3 nitrogen and oxygen atoms in total. The molecule has 0 fully saturated rings. The number of aliphatic hydroxyl groups is 2. The summed E-state index contributed by atoms with van der Waals surface area (Å²) in [5.41, 5.74) is 1.51. The van der Waals surface area contributed by atoms with Crippen LogP contribution in [0.4, 0.5) is 0 Å². The fourth-order valence-electron chi connectivity index (χ4n) is 1.92. The lowest BCUT2D eigenvalue weighted by Gasteiger charge is -2.16. The minimum Gasteiger partial charge on any atom is -0.490 e. The molecular weight excluding hydrogens is 320 g/mol. The molecule has 2 rings (SSSR count). The van der Waals surface area contributed by atoms with E-state index in [-0.39, 0.29) is 6.61 Å². The summed E-state index contributed by atoms with van der Waals surface area (Å²) in [6, 6.07) is 14.8. The summed E-state index contributed by atoms with van der Waals surface area (Å²) in [6.45, 7) is 1.82. The van der Waals surface area contributed by atoms with Crippen molar-refractivity contribution in [3.05, 3.63) is 64.1 Å². The van der Waals surface area contributed by atoms with Crippen LogP contribution in [0, 0.1) is 0 Å². The SMILES string of the molecule is C[C@H](O)c1ccc(Br)cc1OCC(O)c1ccccc1. The van der Waals surface area contributed by atoms with E-state index in [2.05, 4.69) is 15.9 Å². The molecule has 0 heterocycles. The third kappa shape index (κ3) is 3.82. The van der Waals surface area contributed by atoms with Gasteiger partial charge in [0, 0.05) is 10.0 Å². The smallest absolute Gasteiger partial charge is 0.126 e. The highest BCUT2D eigenvalue weighted by Gasteiger charge is 2.13. The largest absolute Gasteiger partial charge is 0.490 e. The third-order valence-electron chi connectivity index (χ3n) is 3.01. The van der Waals surface area contributed by atoms with Crippen molar-refractivity contribution in [2.75, 3.05) is 6.61 Å². The second-order valence-electron chi connectivity index (χ2n) is 4.60. The molecule has 2 aromatic rings. The van der Waals surface area contributed by atoms with Crippen LogP contribution < -0.4 is 4.74 Å². The van der Waals surface area contributed by atoms with Crippen LogP contribution in [-0.2, 0) is 0 Å². The molecule has 2 aromatic carbocycles. The van der Waals surface area contributed by atoms with Gasteiger partial charge in [0.1, 0.15) is 18.5 Å². The molecule has 0 spiro atoms. The van der Waals surface area contributed by atoms with Crippen molar-refractivity contribution in [1.82, 2.24) is 0 Å². The minimum atomic E-state index is -0.697. The zero-order chi connectivity index (χ0) is 14.5. The summed E-state index contributed by atoms with van der Waals surface area (Å²) in [5.74, 6) is 0.573. The van der Waals surface area contributed by atoms with E-state index in [1.54, 1.807) is 19.1 Å². The Kier molecular flexibility index (Phi) is 5.17. The molecule has 0 radical (unpaired) electrons. The first-order chi connectivity index (χ1) is 9.58. The zero-order valence-corrected chi connectivity index (χ0v) is 12.7.